The second kappa shape index (κ2) is 11.3. The van der Waals surface area contributed by atoms with Gasteiger partial charge in [-0.25, -0.2) is 4.79 Å². The first-order chi connectivity index (χ1) is 9.02. The van der Waals surface area contributed by atoms with Crippen molar-refractivity contribution in [3.63, 3.8) is 0 Å². The summed E-state index contributed by atoms with van der Waals surface area (Å²) in [5, 5.41) is 13.6. The summed E-state index contributed by atoms with van der Waals surface area (Å²) in [7, 11) is 0. The minimum Gasteiger partial charge on any atom is -0.481 e. The van der Waals surface area contributed by atoms with Crippen LogP contribution in [0.4, 0.5) is 4.79 Å². The Bertz CT molecular complexity index is 296. The van der Waals surface area contributed by atoms with Crippen LogP contribution in [-0.4, -0.2) is 49.3 Å². The summed E-state index contributed by atoms with van der Waals surface area (Å²) in [6.07, 6.45) is 2.26. The Morgan fingerprint density at radius 1 is 1.05 bits per heavy atom. The Morgan fingerprint density at radius 3 is 2.37 bits per heavy atom. The van der Waals surface area contributed by atoms with Gasteiger partial charge in [0.2, 0.25) is 5.91 Å². The average molecular weight is 275 g/mol. The number of carbonyl (C=O) groups excluding carboxylic acids is 2. The lowest BCUT2D eigenvalue weighted by atomic mass is 10.2. The largest absolute Gasteiger partial charge is 0.481 e. The zero-order valence-electron chi connectivity index (χ0n) is 10.8. The maximum atomic E-state index is 11.2. The number of unbranched alkanes of at least 4 members (excludes halogenated alkanes) is 2. The van der Waals surface area contributed by atoms with Crippen LogP contribution in [0.15, 0.2) is 0 Å². The number of rotatable bonds is 11. The van der Waals surface area contributed by atoms with Gasteiger partial charge >= 0.3 is 12.0 Å². The fourth-order valence-corrected chi connectivity index (χ4v) is 1.25. The Morgan fingerprint density at radius 2 is 1.74 bits per heavy atom. The van der Waals surface area contributed by atoms with Crippen LogP contribution >= 0.6 is 0 Å². The number of urea groups is 1. The second-order valence-electron chi connectivity index (χ2n) is 3.91. The highest BCUT2D eigenvalue weighted by Gasteiger charge is 2.00. The lowest BCUT2D eigenvalue weighted by Crippen LogP contribution is -2.38. The van der Waals surface area contributed by atoms with Crippen molar-refractivity contribution in [2.75, 3.05) is 26.3 Å². The van der Waals surface area contributed by atoms with Gasteiger partial charge in [0.1, 0.15) is 6.61 Å². The number of nitrogens with one attached hydrogen (secondary N) is 2. The molecule has 5 N–H and O–H groups in total. The van der Waals surface area contributed by atoms with Crippen LogP contribution in [0.2, 0.25) is 0 Å². The number of carboxylic acids is 1. The van der Waals surface area contributed by atoms with Crippen molar-refractivity contribution in [2.45, 2.75) is 25.7 Å². The quantitative estimate of drug-likeness (QED) is 0.375. The molecule has 0 rings (SSSR count). The number of hydrogen-bond acceptors (Lipinski definition) is 4. The highest BCUT2D eigenvalue weighted by molar-refractivity contribution is 5.75. The van der Waals surface area contributed by atoms with E-state index in [9.17, 15) is 14.4 Å². The molecule has 0 aromatic rings. The molecule has 19 heavy (non-hydrogen) atoms. The Kier molecular flexibility index (Phi) is 10.2. The molecule has 0 saturated carbocycles. The molecule has 0 radical (unpaired) electrons. The molecule has 0 heterocycles. The number of carbonyl (C=O) groups is 3. The van der Waals surface area contributed by atoms with Crippen LogP contribution < -0.4 is 16.4 Å². The van der Waals surface area contributed by atoms with Crippen molar-refractivity contribution in [3.05, 3.63) is 0 Å². The minimum atomic E-state index is -0.804. The van der Waals surface area contributed by atoms with Crippen molar-refractivity contribution in [1.82, 2.24) is 10.6 Å². The number of carboxylic acid groups (broad SMARTS) is 1. The number of primary amides is 1. The molecule has 0 aliphatic rings. The molecule has 0 spiro atoms. The lowest BCUT2D eigenvalue weighted by molar-refractivity contribution is -0.137. The summed E-state index contributed by atoms with van der Waals surface area (Å²) in [5.41, 5.74) is 4.86. The van der Waals surface area contributed by atoms with E-state index in [1.54, 1.807) is 0 Å². The number of aliphatic carboxylic acids is 1. The van der Waals surface area contributed by atoms with E-state index in [1.165, 1.54) is 0 Å². The van der Waals surface area contributed by atoms with E-state index in [0.29, 0.717) is 13.0 Å². The van der Waals surface area contributed by atoms with E-state index < -0.39 is 11.9 Å². The molecule has 0 bridgehead atoms. The van der Waals surface area contributed by atoms with Crippen molar-refractivity contribution in [2.24, 2.45) is 5.73 Å². The first-order valence-electron chi connectivity index (χ1n) is 6.12. The molecule has 8 heteroatoms. The fraction of sp³-hybridized carbons (Fsp3) is 0.727. The van der Waals surface area contributed by atoms with Gasteiger partial charge in [0.25, 0.3) is 0 Å². The fourth-order valence-electron chi connectivity index (χ4n) is 1.25. The normalized spacial score (nSPS) is 9.89. The van der Waals surface area contributed by atoms with Gasteiger partial charge in [-0.3, -0.25) is 9.59 Å². The average Bonchev–Trinajstić information content (AvgIpc) is 2.32. The molecule has 110 valence electrons. The number of hydrogen-bond donors (Lipinski definition) is 4. The Labute approximate surface area is 111 Å². The minimum absolute atomic E-state index is 0.156. The monoisotopic (exact) mass is 275 g/mol. The van der Waals surface area contributed by atoms with E-state index in [4.69, 9.17) is 15.6 Å². The SMILES string of the molecule is NC(=O)COCCNC(=O)NCCCCCC(=O)O. The van der Waals surface area contributed by atoms with Crippen LogP contribution in [0.3, 0.4) is 0 Å². The van der Waals surface area contributed by atoms with Crippen molar-refractivity contribution >= 4 is 17.9 Å². The highest BCUT2D eigenvalue weighted by Crippen LogP contribution is 1.98. The van der Waals surface area contributed by atoms with Gasteiger partial charge in [-0.05, 0) is 12.8 Å². The molecule has 3 amide bonds. The number of nitrogens with two attached hydrogens (primary N) is 1. The molecule has 0 aromatic carbocycles. The van der Waals surface area contributed by atoms with Crippen LogP contribution in [0.5, 0.6) is 0 Å². The lowest BCUT2D eigenvalue weighted by Gasteiger charge is -2.07. The number of amides is 3. The third-order valence-corrected chi connectivity index (χ3v) is 2.13. The zero-order chi connectivity index (χ0) is 14.5. The van der Waals surface area contributed by atoms with Crippen LogP contribution in [0, 0.1) is 0 Å². The van der Waals surface area contributed by atoms with Gasteiger partial charge in [0, 0.05) is 19.5 Å². The van der Waals surface area contributed by atoms with E-state index in [0.717, 1.165) is 12.8 Å². The second-order valence-corrected chi connectivity index (χ2v) is 3.91. The van der Waals surface area contributed by atoms with Crippen LogP contribution in [-0.2, 0) is 14.3 Å². The molecule has 0 aliphatic carbocycles. The molecule has 0 unspecified atom stereocenters. The molecule has 8 nitrogen and oxygen atoms in total. The van der Waals surface area contributed by atoms with Crippen LogP contribution in [0.1, 0.15) is 25.7 Å². The summed E-state index contributed by atoms with van der Waals surface area (Å²) in [5.74, 6) is -1.35. The maximum Gasteiger partial charge on any atom is 0.314 e. The van der Waals surface area contributed by atoms with E-state index >= 15 is 0 Å². The van der Waals surface area contributed by atoms with Crippen molar-refractivity contribution in [3.8, 4) is 0 Å². The number of ether oxygens (including phenoxy) is 1. The summed E-state index contributed by atoms with van der Waals surface area (Å²) < 4.78 is 4.85. The van der Waals surface area contributed by atoms with E-state index in [2.05, 4.69) is 10.6 Å². The Balaban J connectivity index is 3.26. The first kappa shape index (κ1) is 17.2. The van der Waals surface area contributed by atoms with E-state index in [1.807, 2.05) is 0 Å². The van der Waals surface area contributed by atoms with Gasteiger partial charge in [-0.1, -0.05) is 6.42 Å². The molecular formula is C11H21N3O5. The van der Waals surface area contributed by atoms with Gasteiger partial charge in [0.15, 0.2) is 0 Å². The highest BCUT2D eigenvalue weighted by atomic mass is 16.5. The molecule has 0 fully saturated rings. The standard InChI is InChI=1S/C11H21N3O5/c12-9(15)8-19-7-6-14-11(18)13-5-3-1-2-4-10(16)17/h1-8H2,(H2,12,15)(H,16,17)(H2,13,14,18). The predicted octanol–water partition coefficient (Wildman–Crippen LogP) is -0.567. The first-order valence-corrected chi connectivity index (χ1v) is 6.12. The molecular weight excluding hydrogens is 254 g/mol. The van der Waals surface area contributed by atoms with Crippen molar-refractivity contribution < 1.29 is 24.2 Å². The Hall–Kier alpha value is -1.83. The van der Waals surface area contributed by atoms with Crippen molar-refractivity contribution in [1.29, 1.82) is 0 Å². The smallest absolute Gasteiger partial charge is 0.314 e. The van der Waals surface area contributed by atoms with Gasteiger partial charge in [-0.15, -0.1) is 0 Å². The zero-order valence-corrected chi connectivity index (χ0v) is 10.8. The van der Waals surface area contributed by atoms with Gasteiger partial charge in [0.05, 0.1) is 6.61 Å². The topological polar surface area (TPSA) is 131 Å². The summed E-state index contributed by atoms with van der Waals surface area (Å²) >= 11 is 0. The molecule has 0 atom stereocenters. The summed E-state index contributed by atoms with van der Waals surface area (Å²) in [4.78, 5) is 31.8. The molecule has 0 aromatic heterocycles. The summed E-state index contributed by atoms with van der Waals surface area (Å²) in [6.45, 7) is 0.841. The van der Waals surface area contributed by atoms with Gasteiger partial charge in [-0.2, -0.15) is 0 Å². The molecule has 0 saturated heterocycles. The molecule has 0 aliphatic heterocycles. The third-order valence-electron chi connectivity index (χ3n) is 2.13. The summed E-state index contributed by atoms with van der Waals surface area (Å²) in [6, 6.07) is -0.319. The predicted molar refractivity (Wildman–Crippen MR) is 67.5 cm³/mol. The van der Waals surface area contributed by atoms with E-state index in [-0.39, 0.29) is 32.2 Å². The maximum absolute atomic E-state index is 11.2. The van der Waals surface area contributed by atoms with Crippen LogP contribution in [0.25, 0.3) is 0 Å². The van der Waals surface area contributed by atoms with Gasteiger partial charge < -0.3 is 26.2 Å². The third kappa shape index (κ3) is 14.1.